The van der Waals surface area contributed by atoms with Crippen molar-refractivity contribution in [3.05, 3.63) is 29.8 Å². The van der Waals surface area contributed by atoms with E-state index in [1.807, 2.05) is 23.3 Å². The second-order valence-electron chi connectivity index (χ2n) is 6.81. The zero-order valence-electron chi connectivity index (χ0n) is 14.9. The number of rotatable bonds is 4. The maximum atomic E-state index is 12.5. The van der Waals surface area contributed by atoms with Gasteiger partial charge in [-0.3, -0.25) is 4.79 Å². The van der Waals surface area contributed by atoms with Crippen molar-refractivity contribution in [3.8, 4) is 0 Å². The molecule has 5 nitrogen and oxygen atoms in total. The summed E-state index contributed by atoms with van der Waals surface area (Å²) in [7, 11) is 0. The average molecular weight is 362 g/mol. The van der Waals surface area contributed by atoms with E-state index in [0.29, 0.717) is 25.7 Å². The number of piperazine rings is 1. The summed E-state index contributed by atoms with van der Waals surface area (Å²) in [5.41, 5.74) is 1.08. The van der Waals surface area contributed by atoms with Crippen LogP contribution in [0.5, 0.6) is 0 Å². The van der Waals surface area contributed by atoms with Crippen molar-refractivity contribution >= 4 is 23.7 Å². The van der Waals surface area contributed by atoms with Gasteiger partial charge in [0.05, 0.1) is 0 Å². The van der Waals surface area contributed by atoms with E-state index in [1.165, 1.54) is 24.2 Å². The van der Waals surface area contributed by atoms with Crippen molar-refractivity contribution in [2.75, 3.05) is 25.9 Å². The van der Waals surface area contributed by atoms with Gasteiger partial charge in [-0.05, 0) is 36.8 Å². The smallest absolute Gasteiger partial charge is 0.318 e. The molecule has 0 aromatic heterocycles. The van der Waals surface area contributed by atoms with E-state index in [1.54, 1.807) is 16.7 Å². The predicted molar refractivity (Wildman–Crippen MR) is 101 cm³/mol. The molecule has 0 spiro atoms. The van der Waals surface area contributed by atoms with Gasteiger partial charge < -0.3 is 15.1 Å². The first kappa shape index (κ1) is 18.1. The highest BCUT2D eigenvalue weighted by Gasteiger charge is 2.32. The number of thioether (sulfide) groups is 1. The minimum Gasteiger partial charge on any atom is -0.336 e. The maximum Gasteiger partial charge on any atom is 0.318 e. The molecule has 1 N–H and O–H groups in total. The van der Waals surface area contributed by atoms with Crippen LogP contribution < -0.4 is 5.32 Å². The summed E-state index contributed by atoms with van der Waals surface area (Å²) in [4.78, 5) is 29.7. The van der Waals surface area contributed by atoms with Crippen LogP contribution >= 0.6 is 11.8 Å². The summed E-state index contributed by atoms with van der Waals surface area (Å²) in [6.07, 6.45) is 7.98. The van der Waals surface area contributed by atoms with Gasteiger partial charge in [0.15, 0.2) is 0 Å². The second kappa shape index (κ2) is 8.61. The molecule has 1 aromatic carbocycles. The van der Waals surface area contributed by atoms with Gasteiger partial charge in [0.25, 0.3) is 0 Å². The van der Waals surface area contributed by atoms with Crippen molar-refractivity contribution in [3.63, 3.8) is 0 Å². The first-order valence-electron chi connectivity index (χ1n) is 9.12. The molecule has 0 atom stereocenters. The van der Waals surface area contributed by atoms with Crippen LogP contribution in [0, 0.1) is 0 Å². The minimum atomic E-state index is -0.147. The summed E-state index contributed by atoms with van der Waals surface area (Å²) in [6, 6.07) is 8.38. The molecule has 1 aromatic rings. The Hall–Kier alpha value is -1.69. The highest BCUT2D eigenvalue weighted by molar-refractivity contribution is 7.98. The summed E-state index contributed by atoms with van der Waals surface area (Å²) in [5, 5.41) is 2.94. The molecule has 0 bridgehead atoms. The van der Waals surface area contributed by atoms with Crippen molar-refractivity contribution in [2.24, 2.45) is 0 Å². The molecule has 2 fully saturated rings. The topological polar surface area (TPSA) is 52.7 Å². The van der Waals surface area contributed by atoms with Gasteiger partial charge in [0.2, 0.25) is 5.91 Å². The lowest BCUT2D eigenvalue weighted by Crippen LogP contribution is -2.57. The number of amides is 3. The molecule has 1 heterocycles. The van der Waals surface area contributed by atoms with E-state index in [4.69, 9.17) is 0 Å². The van der Waals surface area contributed by atoms with Gasteiger partial charge >= 0.3 is 6.03 Å². The van der Waals surface area contributed by atoms with Gasteiger partial charge in [-0.2, -0.15) is 0 Å². The van der Waals surface area contributed by atoms with E-state index in [0.717, 1.165) is 18.4 Å². The van der Waals surface area contributed by atoms with E-state index in [9.17, 15) is 9.59 Å². The van der Waals surface area contributed by atoms with Gasteiger partial charge in [-0.25, -0.2) is 4.79 Å². The fourth-order valence-electron chi connectivity index (χ4n) is 3.71. The highest BCUT2D eigenvalue weighted by Crippen LogP contribution is 2.24. The molecular formula is C19H27N3O2S. The normalized spacial score (nSPS) is 19.2. The number of carbonyl (C=O) groups excluding carboxylic acids is 2. The Labute approximate surface area is 154 Å². The Bertz CT molecular complexity index is 616. The Kier molecular flexibility index (Phi) is 6.24. The fraction of sp³-hybridized carbons (Fsp3) is 0.579. The van der Waals surface area contributed by atoms with Crippen LogP contribution in [-0.2, 0) is 11.3 Å². The molecule has 136 valence electrons. The lowest BCUT2D eigenvalue weighted by Gasteiger charge is -2.40. The van der Waals surface area contributed by atoms with E-state index in [-0.39, 0.29) is 18.5 Å². The standard InChI is InChI=1S/C19H27N3O2S/c1-25-17-9-5-6-15(12-17)13-20-19(24)21-10-11-22(18(23)14-21)16-7-3-2-4-8-16/h5-6,9,12,16H,2-4,7-8,10-11,13-14H2,1H3,(H,20,24). The number of nitrogens with zero attached hydrogens (tertiary/aromatic N) is 2. The number of nitrogens with one attached hydrogen (secondary N) is 1. The number of benzene rings is 1. The Morgan fingerprint density at radius 3 is 2.76 bits per heavy atom. The first-order chi connectivity index (χ1) is 12.2. The van der Waals surface area contributed by atoms with Crippen LogP contribution in [0.2, 0.25) is 0 Å². The largest absolute Gasteiger partial charge is 0.336 e. The molecule has 1 aliphatic carbocycles. The molecule has 3 amide bonds. The number of carbonyl (C=O) groups is 2. The summed E-state index contributed by atoms with van der Waals surface area (Å²) < 4.78 is 0. The first-order valence-corrected chi connectivity index (χ1v) is 10.3. The third-order valence-corrected chi connectivity index (χ3v) is 5.86. The van der Waals surface area contributed by atoms with Crippen molar-refractivity contribution in [1.29, 1.82) is 0 Å². The predicted octanol–water partition coefficient (Wildman–Crippen LogP) is 3.10. The summed E-state index contributed by atoms with van der Waals surface area (Å²) >= 11 is 1.69. The van der Waals surface area contributed by atoms with Gasteiger partial charge in [-0.15, -0.1) is 11.8 Å². The van der Waals surface area contributed by atoms with Crippen LogP contribution in [0.25, 0.3) is 0 Å². The van der Waals surface area contributed by atoms with Crippen LogP contribution in [0.3, 0.4) is 0 Å². The summed E-state index contributed by atoms with van der Waals surface area (Å²) in [5.74, 6) is 0.0951. The monoisotopic (exact) mass is 361 g/mol. The molecule has 0 radical (unpaired) electrons. The lowest BCUT2D eigenvalue weighted by atomic mass is 9.93. The fourth-order valence-corrected chi connectivity index (χ4v) is 4.19. The molecule has 1 saturated carbocycles. The zero-order valence-corrected chi connectivity index (χ0v) is 15.7. The van der Waals surface area contributed by atoms with Gasteiger partial charge in [0.1, 0.15) is 6.54 Å². The van der Waals surface area contributed by atoms with E-state index in [2.05, 4.69) is 17.4 Å². The van der Waals surface area contributed by atoms with E-state index >= 15 is 0 Å². The second-order valence-corrected chi connectivity index (χ2v) is 7.69. The Morgan fingerprint density at radius 2 is 2.04 bits per heavy atom. The van der Waals surface area contributed by atoms with Gasteiger partial charge in [-0.1, -0.05) is 31.4 Å². The van der Waals surface area contributed by atoms with Crippen molar-refractivity contribution in [1.82, 2.24) is 15.1 Å². The minimum absolute atomic E-state index is 0.0951. The quantitative estimate of drug-likeness (QED) is 0.839. The number of urea groups is 1. The molecular weight excluding hydrogens is 334 g/mol. The number of hydrogen-bond donors (Lipinski definition) is 1. The van der Waals surface area contributed by atoms with Crippen molar-refractivity contribution in [2.45, 2.75) is 49.6 Å². The van der Waals surface area contributed by atoms with Crippen LogP contribution in [0.4, 0.5) is 4.79 Å². The summed E-state index contributed by atoms with van der Waals surface area (Å²) in [6.45, 7) is 1.98. The molecule has 2 aliphatic rings. The third kappa shape index (κ3) is 4.69. The molecule has 3 rings (SSSR count). The number of hydrogen-bond acceptors (Lipinski definition) is 3. The van der Waals surface area contributed by atoms with Crippen LogP contribution in [-0.4, -0.2) is 53.7 Å². The molecule has 0 unspecified atom stereocenters. The van der Waals surface area contributed by atoms with E-state index < -0.39 is 0 Å². The SMILES string of the molecule is CSc1cccc(CNC(=O)N2CCN(C3CCCCC3)C(=O)C2)c1. The van der Waals surface area contributed by atoms with Crippen molar-refractivity contribution < 1.29 is 9.59 Å². The zero-order chi connectivity index (χ0) is 17.6. The highest BCUT2D eigenvalue weighted by atomic mass is 32.2. The lowest BCUT2D eigenvalue weighted by molar-refractivity contribution is -0.138. The Morgan fingerprint density at radius 1 is 1.24 bits per heavy atom. The third-order valence-electron chi connectivity index (χ3n) is 5.14. The molecule has 1 aliphatic heterocycles. The van der Waals surface area contributed by atoms with Crippen LogP contribution in [0.1, 0.15) is 37.7 Å². The average Bonchev–Trinajstić information content (AvgIpc) is 2.67. The molecule has 1 saturated heterocycles. The maximum absolute atomic E-state index is 12.5. The van der Waals surface area contributed by atoms with Crippen LogP contribution in [0.15, 0.2) is 29.2 Å². The Balaban J connectivity index is 1.49. The molecule has 25 heavy (non-hydrogen) atoms. The van der Waals surface area contributed by atoms with Gasteiger partial charge in [0, 0.05) is 30.6 Å². The molecule has 6 heteroatoms.